The lowest BCUT2D eigenvalue weighted by Gasteiger charge is -2.11. The molecule has 0 aliphatic rings. The van der Waals surface area contributed by atoms with Crippen LogP contribution in [0.15, 0.2) is 42.5 Å². The van der Waals surface area contributed by atoms with Crippen LogP contribution in [0.1, 0.15) is 36.5 Å². The van der Waals surface area contributed by atoms with Gasteiger partial charge in [0.25, 0.3) is 0 Å². The third-order valence-corrected chi connectivity index (χ3v) is 3.45. The summed E-state index contributed by atoms with van der Waals surface area (Å²) in [6.07, 6.45) is 0. The molecular formula is C17H18FNOS. The Bertz CT molecular complexity index is 655. The van der Waals surface area contributed by atoms with Gasteiger partial charge in [0, 0.05) is 5.56 Å². The van der Waals surface area contributed by atoms with Gasteiger partial charge < -0.3 is 10.5 Å². The van der Waals surface area contributed by atoms with Gasteiger partial charge in [0.15, 0.2) is 0 Å². The Hall–Kier alpha value is -1.94. The predicted octanol–water partition coefficient (Wildman–Crippen LogP) is 4.16. The average molecular weight is 303 g/mol. The van der Waals surface area contributed by atoms with E-state index in [4.69, 9.17) is 22.7 Å². The number of nitrogens with two attached hydrogens (primary N) is 1. The second-order valence-electron chi connectivity index (χ2n) is 5.19. The zero-order chi connectivity index (χ0) is 15.4. The van der Waals surface area contributed by atoms with Crippen LogP contribution in [0.2, 0.25) is 0 Å². The summed E-state index contributed by atoms with van der Waals surface area (Å²) in [4.78, 5) is 0.0520. The molecule has 2 aromatic rings. The number of ether oxygens (including phenoxy) is 1. The third kappa shape index (κ3) is 4.02. The largest absolute Gasteiger partial charge is 0.489 e. The van der Waals surface area contributed by atoms with Gasteiger partial charge in [0.1, 0.15) is 23.2 Å². The number of benzene rings is 2. The molecule has 0 heterocycles. The number of rotatable bonds is 5. The van der Waals surface area contributed by atoms with Gasteiger partial charge in [-0.15, -0.1) is 0 Å². The molecule has 0 saturated heterocycles. The SMILES string of the molecule is CC(C)c1cccc(OCc2ccc(F)c(C(N)=S)c2)c1. The van der Waals surface area contributed by atoms with Gasteiger partial charge in [-0.3, -0.25) is 0 Å². The van der Waals surface area contributed by atoms with Gasteiger partial charge in [-0.05, 0) is 41.3 Å². The first kappa shape index (κ1) is 15.4. The number of thiocarbonyl (C=S) groups is 1. The van der Waals surface area contributed by atoms with Crippen molar-refractivity contribution in [1.82, 2.24) is 0 Å². The van der Waals surface area contributed by atoms with Crippen molar-refractivity contribution in [1.29, 1.82) is 0 Å². The summed E-state index contributed by atoms with van der Waals surface area (Å²) in [5.41, 5.74) is 7.79. The van der Waals surface area contributed by atoms with Crippen molar-refractivity contribution in [2.45, 2.75) is 26.4 Å². The maximum absolute atomic E-state index is 13.5. The van der Waals surface area contributed by atoms with E-state index < -0.39 is 5.82 Å². The van der Waals surface area contributed by atoms with Gasteiger partial charge in [0.05, 0.1) is 0 Å². The zero-order valence-electron chi connectivity index (χ0n) is 12.1. The molecule has 0 amide bonds. The first-order chi connectivity index (χ1) is 9.97. The van der Waals surface area contributed by atoms with Gasteiger partial charge >= 0.3 is 0 Å². The van der Waals surface area contributed by atoms with Crippen LogP contribution >= 0.6 is 12.2 Å². The predicted molar refractivity (Wildman–Crippen MR) is 87.2 cm³/mol. The average Bonchev–Trinajstić information content (AvgIpc) is 2.46. The van der Waals surface area contributed by atoms with Crippen molar-refractivity contribution in [3.8, 4) is 5.75 Å². The highest BCUT2D eigenvalue weighted by Crippen LogP contribution is 2.21. The fourth-order valence-corrected chi connectivity index (χ4v) is 2.14. The lowest BCUT2D eigenvalue weighted by molar-refractivity contribution is 0.305. The van der Waals surface area contributed by atoms with Gasteiger partial charge in [-0.2, -0.15) is 0 Å². The van der Waals surface area contributed by atoms with Crippen molar-refractivity contribution in [2.75, 3.05) is 0 Å². The van der Waals surface area contributed by atoms with E-state index in [2.05, 4.69) is 19.9 Å². The van der Waals surface area contributed by atoms with Crippen molar-refractivity contribution in [3.05, 3.63) is 65.0 Å². The molecule has 0 spiro atoms. The Morgan fingerprint density at radius 1 is 1.24 bits per heavy atom. The number of halogens is 1. The number of hydrogen-bond acceptors (Lipinski definition) is 2. The molecule has 0 fully saturated rings. The van der Waals surface area contributed by atoms with Crippen LogP contribution in [0.25, 0.3) is 0 Å². The van der Waals surface area contributed by atoms with Crippen LogP contribution in [0.5, 0.6) is 5.75 Å². The zero-order valence-corrected chi connectivity index (χ0v) is 12.9. The molecule has 0 aliphatic heterocycles. The molecule has 2 nitrogen and oxygen atoms in total. The molecule has 0 aromatic heterocycles. The summed E-state index contributed by atoms with van der Waals surface area (Å²) >= 11 is 4.83. The fourth-order valence-electron chi connectivity index (χ4n) is 1.98. The summed E-state index contributed by atoms with van der Waals surface area (Å²) in [6.45, 7) is 4.61. The van der Waals surface area contributed by atoms with Crippen LogP contribution in [0.4, 0.5) is 4.39 Å². The molecule has 0 saturated carbocycles. The molecule has 2 N–H and O–H groups in total. The highest BCUT2D eigenvalue weighted by molar-refractivity contribution is 7.80. The molecular weight excluding hydrogens is 285 g/mol. The Kier molecular flexibility index (Phi) is 4.91. The van der Waals surface area contributed by atoms with Crippen molar-refractivity contribution >= 4 is 17.2 Å². The van der Waals surface area contributed by atoms with E-state index in [1.807, 2.05) is 18.2 Å². The van der Waals surface area contributed by atoms with E-state index in [9.17, 15) is 4.39 Å². The Balaban J connectivity index is 2.11. The first-order valence-corrected chi connectivity index (χ1v) is 7.19. The Labute approximate surface area is 129 Å². The smallest absolute Gasteiger partial charge is 0.133 e. The van der Waals surface area contributed by atoms with Crippen LogP contribution in [-0.2, 0) is 6.61 Å². The van der Waals surface area contributed by atoms with E-state index in [1.54, 1.807) is 12.1 Å². The van der Waals surface area contributed by atoms with E-state index >= 15 is 0 Å². The molecule has 110 valence electrons. The Morgan fingerprint density at radius 3 is 2.67 bits per heavy atom. The van der Waals surface area contributed by atoms with Crippen molar-refractivity contribution in [3.63, 3.8) is 0 Å². The standard InChI is InChI=1S/C17H18FNOS/c1-11(2)13-4-3-5-14(9-13)20-10-12-6-7-16(18)15(8-12)17(19)21/h3-9,11H,10H2,1-2H3,(H2,19,21). The summed E-state index contributed by atoms with van der Waals surface area (Å²) < 4.78 is 19.3. The Morgan fingerprint density at radius 2 is 2.00 bits per heavy atom. The maximum Gasteiger partial charge on any atom is 0.133 e. The molecule has 2 rings (SSSR count). The topological polar surface area (TPSA) is 35.2 Å². The van der Waals surface area contributed by atoms with E-state index in [0.29, 0.717) is 12.5 Å². The summed E-state index contributed by atoms with van der Waals surface area (Å²) in [5, 5.41) is 0. The fraction of sp³-hybridized carbons (Fsp3) is 0.235. The van der Waals surface area contributed by atoms with Gasteiger partial charge in [-0.25, -0.2) is 4.39 Å². The lowest BCUT2D eigenvalue weighted by Crippen LogP contribution is -2.12. The molecule has 2 aromatic carbocycles. The van der Waals surface area contributed by atoms with Crippen molar-refractivity contribution in [2.24, 2.45) is 5.73 Å². The minimum absolute atomic E-state index is 0.0520. The van der Waals surface area contributed by atoms with Crippen molar-refractivity contribution < 1.29 is 9.13 Å². The molecule has 0 aliphatic carbocycles. The minimum atomic E-state index is -0.409. The maximum atomic E-state index is 13.5. The van der Waals surface area contributed by atoms with Crippen LogP contribution in [0.3, 0.4) is 0 Å². The quantitative estimate of drug-likeness (QED) is 0.842. The molecule has 4 heteroatoms. The molecule has 0 atom stereocenters. The summed E-state index contributed by atoms with van der Waals surface area (Å²) in [6, 6.07) is 12.6. The van der Waals surface area contributed by atoms with E-state index in [-0.39, 0.29) is 10.6 Å². The molecule has 21 heavy (non-hydrogen) atoms. The minimum Gasteiger partial charge on any atom is -0.489 e. The first-order valence-electron chi connectivity index (χ1n) is 6.78. The van der Waals surface area contributed by atoms with Crippen LogP contribution in [-0.4, -0.2) is 4.99 Å². The third-order valence-electron chi connectivity index (χ3n) is 3.23. The van der Waals surface area contributed by atoms with Crippen LogP contribution in [0, 0.1) is 5.82 Å². The van der Waals surface area contributed by atoms with E-state index in [0.717, 1.165) is 11.3 Å². The van der Waals surface area contributed by atoms with E-state index in [1.165, 1.54) is 11.6 Å². The monoisotopic (exact) mass is 303 g/mol. The van der Waals surface area contributed by atoms with Crippen LogP contribution < -0.4 is 10.5 Å². The molecule has 0 radical (unpaired) electrons. The second-order valence-corrected chi connectivity index (χ2v) is 5.63. The van der Waals surface area contributed by atoms with Gasteiger partial charge in [-0.1, -0.05) is 44.3 Å². The lowest BCUT2D eigenvalue weighted by atomic mass is 10.0. The summed E-state index contributed by atoms with van der Waals surface area (Å²) in [5.74, 6) is 0.830. The highest BCUT2D eigenvalue weighted by atomic mass is 32.1. The molecule has 0 unspecified atom stereocenters. The highest BCUT2D eigenvalue weighted by Gasteiger charge is 2.07. The molecule has 0 bridgehead atoms. The van der Waals surface area contributed by atoms with Gasteiger partial charge in [0.2, 0.25) is 0 Å². The second kappa shape index (κ2) is 6.68. The number of hydrogen-bond donors (Lipinski definition) is 1. The normalized spacial score (nSPS) is 10.7. The summed E-state index contributed by atoms with van der Waals surface area (Å²) in [7, 11) is 0.